The minimum Gasteiger partial charge on any atom is -0.293 e. The highest BCUT2D eigenvalue weighted by Gasteiger charge is 2.19. The van der Waals surface area contributed by atoms with E-state index < -0.39 is 0 Å². The van der Waals surface area contributed by atoms with Crippen LogP contribution in [0.25, 0.3) is 0 Å². The van der Waals surface area contributed by atoms with Gasteiger partial charge in [0.15, 0.2) is 0 Å². The molecule has 0 unspecified atom stereocenters. The first-order valence-corrected chi connectivity index (χ1v) is 7.71. The van der Waals surface area contributed by atoms with E-state index in [2.05, 4.69) is 28.0 Å². The minimum absolute atomic E-state index is 0.936. The van der Waals surface area contributed by atoms with Crippen molar-refractivity contribution >= 4 is 0 Å². The first kappa shape index (κ1) is 14.2. The van der Waals surface area contributed by atoms with Crippen LogP contribution in [0.1, 0.15) is 41.8 Å². The van der Waals surface area contributed by atoms with Gasteiger partial charge in [0.05, 0.1) is 11.4 Å². The molecule has 2 aromatic rings. The number of fused-ring (bicyclic) bond motifs is 1. The molecule has 0 atom stereocenters. The second-order valence-electron chi connectivity index (χ2n) is 5.87. The third kappa shape index (κ3) is 3.13. The first-order chi connectivity index (χ1) is 10.2. The summed E-state index contributed by atoms with van der Waals surface area (Å²) in [5.41, 5.74) is 4.86. The molecule has 3 heterocycles. The van der Waals surface area contributed by atoms with Crippen molar-refractivity contribution in [3.63, 3.8) is 0 Å². The maximum Gasteiger partial charge on any atom is 0.128 e. The van der Waals surface area contributed by atoms with Crippen molar-refractivity contribution in [3.05, 3.63) is 40.7 Å². The molecule has 0 saturated heterocycles. The van der Waals surface area contributed by atoms with Crippen molar-refractivity contribution in [2.45, 2.75) is 46.2 Å². The third-order valence-corrected chi connectivity index (χ3v) is 4.02. The van der Waals surface area contributed by atoms with Gasteiger partial charge >= 0.3 is 0 Å². The maximum absolute atomic E-state index is 4.71. The molecule has 0 amide bonds. The van der Waals surface area contributed by atoms with Crippen LogP contribution in [-0.2, 0) is 33.0 Å². The summed E-state index contributed by atoms with van der Waals surface area (Å²) < 4.78 is 1.98. The molecule has 0 spiro atoms. The fourth-order valence-corrected chi connectivity index (χ4v) is 2.94. The molecule has 0 bridgehead atoms. The van der Waals surface area contributed by atoms with Crippen LogP contribution in [-0.4, -0.2) is 31.2 Å². The zero-order valence-corrected chi connectivity index (χ0v) is 13.1. The molecule has 0 aliphatic carbocycles. The number of hydrogen-bond acceptors (Lipinski definition) is 4. The highest BCUT2D eigenvalue weighted by molar-refractivity contribution is 5.21. The van der Waals surface area contributed by atoms with Gasteiger partial charge in [-0.3, -0.25) is 9.58 Å². The fourth-order valence-electron chi connectivity index (χ4n) is 2.94. The molecule has 0 fully saturated rings. The Bertz CT molecular complexity index is 632. The van der Waals surface area contributed by atoms with Gasteiger partial charge in [0.25, 0.3) is 0 Å². The molecule has 3 rings (SSSR count). The van der Waals surface area contributed by atoms with Gasteiger partial charge in [0.1, 0.15) is 5.82 Å². The van der Waals surface area contributed by atoms with Gasteiger partial charge in [-0.05, 0) is 19.4 Å². The maximum atomic E-state index is 4.71. The van der Waals surface area contributed by atoms with Crippen molar-refractivity contribution in [2.75, 3.05) is 6.54 Å². The van der Waals surface area contributed by atoms with Crippen molar-refractivity contribution in [3.8, 4) is 0 Å². The molecule has 0 N–H and O–H groups in total. The van der Waals surface area contributed by atoms with E-state index in [0.717, 1.165) is 50.4 Å². The van der Waals surface area contributed by atoms with E-state index in [4.69, 9.17) is 4.98 Å². The van der Waals surface area contributed by atoms with E-state index in [1.54, 1.807) is 0 Å². The molecule has 5 nitrogen and oxygen atoms in total. The standard InChI is InChI=1S/C16H23N5/c1-4-5-16-17-9-13-10-21(7-6-15(13)18-16)11-14-8-12(2)19-20(14)3/h8-9H,4-7,10-11H2,1-3H3. The average molecular weight is 285 g/mol. The zero-order valence-electron chi connectivity index (χ0n) is 13.1. The topological polar surface area (TPSA) is 46.8 Å². The van der Waals surface area contributed by atoms with Crippen LogP contribution >= 0.6 is 0 Å². The smallest absolute Gasteiger partial charge is 0.128 e. The number of nitrogens with zero attached hydrogens (tertiary/aromatic N) is 5. The number of aryl methyl sites for hydroxylation is 3. The molecular weight excluding hydrogens is 262 g/mol. The predicted molar refractivity (Wildman–Crippen MR) is 81.8 cm³/mol. The lowest BCUT2D eigenvalue weighted by atomic mass is 10.1. The fraction of sp³-hybridized carbons (Fsp3) is 0.562. The number of rotatable bonds is 4. The summed E-state index contributed by atoms with van der Waals surface area (Å²) in [4.78, 5) is 11.6. The Morgan fingerprint density at radius 2 is 2.19 bits per heavy atom. The first-order valence-electron chi connectivity index (χ1n) is 7.71. The van der Waals surface area contributed by atoms with E-state index in [1.807, 2.05) is 24.9 Å². The van der Waals surface area contributed by atoms with Crippen LogP contribution in [0, 0.1) is 6.92 Å². The molecule has 0 saturated carbocycles. The molecule has 0 radical (unpaired) electrons. The quantitative estimate of drug-likeness (QED) is 0.862. The highest BCUT2D eigenvalue weighted by Crippen LogP contribution is 2.19. The molecular formula is C16H23N5. The molecule has 5 heteroatoms. The Hall–Kier alpha value is -1.75. The van der Waals surface area contributed by atoms with Gasteiger partial charge in [-0.15, -0.1) is 0 Å². The lowest BCUT2D eigenvalue weighted by Crippen LogP contribution is -2.31. The lowest BCUT2D eigenvalue weighted by molar-refractivity contribution is 0.236. The summed E-state index contributed by atoms with van der Waals surface area (Å²) in [5, 5.41) is 4.42. The Morgan fingerprint density at radius 1 is 1.33 bits per heavy atom. The van der Waals surface area contributed by atoms with E-state index in [1.165, 1.54) is 17.0 Å². The summed E-state index contributed by atoms with van der Waals surface area (Å²) >= 11 is 0. The number of aromatic nitrogens is 4. The van der Waals surface area contributed by atoms with Crippen LogP contribution in [0.3, 0.4) is 0 Å². The predicted octanol–water partition coefficient (Wildman–Crippen LogP) is 2.03. The molecule has 112 valence electrons. The summed E-state index contributed by atoms with van der Waals surface area (Å²) in [6.45, 7) is 7.14. The summed E-state index contributed by atoms with van der Waals surface area (Å²) in [6, 6.07) is 2.16. The summed E-state index contributed by atoms with van der Waals surface area (Å²) in [7, 11) is 2.01. The normalized spacial score (nSPS) is 15.2. The van der Waals surface area contributed by atoms with Gasteiger partial charge in [0, 0.05) is 57.0 Å². The Morgan fingerprint density at radius 3 is 2.90 bits per heavy atom. The SMILES string of the molecule is CCCc1ncc2c(n1)CCN(Cc1cc(C)nn1C)C2. The van der Waals surface area contributed by atoms with Crippen molar-refractivity contribution in [1.29, 1.82) is 0 Å². The van der Waals surface area contributed by atoms with Gasteiger partial charge in [0.2, 0.25) is 0 Å². The minimum atomic E-state index is 0.936. The highest BCUT2D eigenvalue weighted by atomic mass is 15.3. The second-order valence-corrected chi connectivity index (χ2v) is 5.87. The molecule has 1 aliphatic heterocycles. The Labute approximate surface area is 126 Å². The van der Waals surface area contributed by atoms with Gasteiger partial charge in [-0.1, -0.05) is 6.92 Å². The van der Waals surface area contributed by atoms with Gasteiger partial charge < -0.3 is 0 Å². The van der Waals surface area contributed by atoms with E-state index in [-0.39, 0.29) is 0 Å². The van der Waals surface area contributed by atoms with E-state index in [0.29, 0.717) is 0 Å². The van der Waals surface area contributed by atoms with E-state index >= 15 is 0 Å². The van der Waals surface area contributed by atoms with Crippen LogP contribution in [0.15, 0.2) is 12.3 Å². The molecule has 2 aromatic heterocycles. The Kier molecular flexibility index (Phi) is 4.01. The van der Waals surface area contributed by atoms with Crippen LogP contribution < -0.4 is 0 Å². The number of hydrogen-bond donors (Lipinski definition) is 0. The van der Waals surface area contributed by atoms with Crippen molar-refractivity contribution in [1.82, 2.24) is 24.6 Å². The summed E-state index contributed by atoms with van der Waals surface area (Å²) in [5.74, 6) is 0.993. The van der Waals surface area contributed by atoms with Crippen molar-refractivity contribution < 1.29 is 0 Å². The largest absolute Gasteiger partial charge is 0.293 e. The molecule has 21 heavy (non-hydrogen) atoms. The molecule has 0 aromatic carbocycles. The summed E-state index contributed by atoms with van der Waals surface area (Å²) in [6.07, 6.45) is 5.12. The lowest BCUT2D eigenvalue weighted by Gasteiger charge is -2.27. The average Bonchev–Trinajstić information content (AvgIpc) is 2.77. The monoisotopic (exact) mass is 285 g/mol. The van der Waals surface area contributed by atoms with Crippen LogP contribution in [0.5, 0.6) is 0 Å². The van der Waals surface area contributed by atoms with Gasteiger partial charge in [-0.25, -0.2) is 9.97 Å². The molecule has 1 aliphatic rings. The zero-order chi connectivity index (χ0) is 14.8. The van der Waals surface area contributed by atoms with E-state index in [9.17, 15) is 0 Å². The van der Waals surface area contributed by atoms with Crippen LogP contribution in [0.4, 0.5) is 0 Å². The van der Waals surface area contributed by atoms with Crippen LogP contribution in [0.2, 0.25) is 0 Å². The Balaban J connectivity index is 1.71. The second kappa shape index (κ2) is 5.93. The third-order valence-electron chi connectivity index (χ3n) is 4.02. The van der Waals surface area contributed by atoms with Gasteiger partial charge in [-0.2, -0.15) is 5.10 Å². The van der Waals surface area contributed by atoms with Crippen molar-refractivity contribution in [2.24, 2.45) is 7.05 Å².